The van der Waals surface area contributed by atoms with E-state index in [2.05, 4.69) is 20.6 Å². The van der Waals surface area contributed by atoms with Crippen molar-refractivity contribution in [2.45, 2.75) is 0 Å². The molecule has 138 valence electrons. The summed E-state index contributed by atoms with van der Waals surface area (Å²) in [6, 6.07) is 18.6. The van der Waals surface area contributed by atoms with Crippen molar-refractivity contribution in [3.05, 3.63) is 72.7 Å². The second-order valence-corrected chi connectivity index (χ2v) is 5.60. The lowest BCUT2D eigenvalue weighted by atomic mass is 10.3. The van der Waals surface area contributed by atoms with E-state index in [1.54, 1.807) is 13.2 Å². The van der Waals surface area contributed by atoms with Crippen molar-refractivity contribution in [2.75, 3.05) is 25.6 Å². The third-order valence-corrected chi connectivity index (χ3v) is 3.60. The van der Waals surface area contributed by atoms with Gasteiger partial charge >= 0.3 is 0 Å². The van der Waals surface area contributed by atoms with Gasteiger partial charge in [-0.05, 0) is 36.4 Å². The van der Waals surface area contributed by atoms with E-state index in [1.165, 1.54) is 6.33 Å². The lowest BCUT2D eigenvalue weighted by Crippen LogP contribution is -2.27. The number of hydrogen-bond donors (Lipinski definition) is 2. The third-order valence-electron chi connectivity index (χ3n) is 3.60. The molecule has 0 saturated carbocycles. The Balaban J connectivity index is 1.61. The molecule has 7 heteroatoms. The number of rotatable bonds is 8. The van der Waals surface area contributed by atoms with E-state index in [4.69, 9.17) is 9.47 Å². The van der Waals surface area contributed by atoms with Crippen LogP contribution < -0.4 is 15.4 Å². The molecule has 3 rings (SSSR count). The molecule has 7 nitrogen and oxygen atoms in total. The van der Waals surface area contributed by atoms with Gasteiger partial charge in [-0.15, -0.1) is 0 Å². The van der Waals surface area contributed by atoms with Crippen LogP contribution in [0.3, 0.4) is 0 Å². The minimum absolute atomic E-state index is 0.274. The molecule has 0 atom stereocenters. The van der Waals surface area contributed by atoms with Crippen LogP contribution in [-0.4, -0.2) is 36.1 Å². The molecule has 0 unspecified atom stereocenters. The van der Waals surface area contributed by atoms with Crippen LogP contribution in [0.1, 0.15) is 10.5 Å². The van der Waals surface area contributed by atoms with Crippen molar-refractivity contribution >= 4 is 17.4 Å². The summed E-state index contributed by atoms with van der Waals surface area (Å²) in [5, 5.41) is 5.87. The van der Waals surface area contributed by atoms with Crippen LogP contribution in [0.15, 0.2) is 67.0 Å². The second-order valence-electron chi connectivity index (χ2n) is 5.60. The van der Waals surface area contributed by atoms with Gasteiger partial charge in [0.1, 0.15) is 29.3 Å². The first-order chi connectivity index (χ1) is 13.2. The van der Waals surface area contributed by atoms with Crippen molar-refractivity contribution in [3.8, 4) is 11.5 Å². The Morgan fingerprint density at radius 1 is 1.00 bits per heavy atom. The number of benzene rings is 2. The molecule has 1 heterocycles. The molecule has 0 aliphatic carbocycles. The number of methoxy groups -OCH3 is 1. The van der Waals surface area contributed by atoms with Gasteiger partial charge in [0, 0.05) is 25.4 Å². The monoisotopic (exact) mass is 364 g/mol. The largest absolute Gasteiger partial charge is 0.457 e. The van der Waals surface area contributed by atoms with Gasteiger partial charge in [0.05, 0.1) is 6.61 Å². The summed E-state index contributed by atoms with van der Waals surface area (Å²) in [7, 11) is 1.58. The van der Waals surface area contributed by atoms with E-state index in [0.29, 0.717) is 19.0 Å². The third kappa shape index (κ3) is 5.52. The number of nitrogens with zero attached hydrogens (tertiary/aromatic N) is 2. The number of ether oxygens (including phenoxy) is 2. The summed E-state index contributed by atoms with van der Waals surface area (Å²) in [4.78, 5) is 20.2. The van der Waals surface area contributed by atoms with Crippen LogP contribution in [0.2, 0.25) is 0 Å². The van der Waals surface area contributed by atoms with E-state index in [0.717, 1.165) is 17.2 Å². The van der Waals surface area contributed by atoms with Crippen LogP contribution in [0, 0.1) is 0 Å². The molecule has 0 fully saturated rings. The Morgan fingerprint density at radius 3 is 2.48 bits per heavy atom. The molecule has 27 heavy (non-hydrogen) atoms. The smallest absolute Gasteiger partial charge is 0.270 e. The zero-order valence-corrected chi connectivity index (χ0v) is 14.9. The molecule has 0 aliphatic heterocycles. The van der Waals surface area contributed by atoms with E-state index in [-0.39, 0.29) is 11.6 Å². The summed E-state index contributed by atoms with van der Waals surface area (Å²) < 4.78 is 10.7. The normalized spacial score (nSPS) is 10.3. The molecule has 0 spiro atoms. The zero-order chi connectivity index (χ0) is 18.9. The Morgan fingerprint density at radius 2 is 1.74 bits per heavy atom. The van der Waals surface area contributed by atoms with Crippen LogP contribution in [-0.2, 0) is 4.74 Å². The molecule has 1 aromatic heterocycles. The zero-order valence-electron chi connectivity index (χ0n) is 14.9. The topological polar surface area (TPSA) is 85.4 Å². The highest BCUT2D eigenvalue weighted by atomic mass is 16.5. The number of aromatic nitrogens is 2. The van der Waals surface area contributed by atoms with Gasteiger partial charge in [0.25, 0.3) is 5.91 Å². The van der Waals surface area contributed by atoms with Gasteiger partial charge in [0.15, 0.2) is 0 Å². The SMILES string of the molecule is COCCNC(=O)c1cc(Nc2ccc(Oc3ccccc3)cc2)ncn1. The maximum atomic E-state index is 12.0. The Labute approximate surface area is 157 Å². The van der Waals surface area contributed by atoms with Crippen LogP contribution in [0.4, 0.5) is 11.5 Å². The molecular formula is C20H20N4O3. The van der Waals surface area contributed by atoms with Crippen molar-refractivity contribution in [1.29, 1.82) is 0 Å². The van der Waals surface area contributed by atoms with Crippen molar-refractivity contribution < 1.29 is 14.3 Å². The second kappa shape index (κ2) is 9.30. The van der Waals surface area contributed by atoms with Gasteiger partial charge in [-0.2, -0.15) is 0 Å². The molecular weight excluding hydrogens is 344 g/mol. The van der Waals surface area contributed by atoms with Crippen LogP contribution >= 0.6 is 0 Å². The van der Waals surface area contributed by atoms with E-state index in [9.17, 15) is 4.79 Å². The fraction of sp³-hybridized carbons (Fsp3) is 0.150. The first-order valence-corrected chi connectivity index (χ1v) is 8.44. The molecule has 2 aromatic carbocycles. The lowest BCUT2D eigenvalue weighted by Gasteiger charge is -2.09. The summed E-state index contributed by atoms with van der Waals surface area (Å²) in [5.74, 6) is 1.76. The summed E-state index contributed by atoms with van der Waals surface area (Å²) >= 11 is 0. The van der Waals surface area contributed by atoms with Gasteiger partial charge < -0.3 is 20.1 Å². The quantitative estimate of drug-likeness (QED) is 0.596. The maximum Gasteiger partial charge on any atom is 0.270 e. The fourth-order valence-corrected chi connectivity index (χ4v) is 2.29. The number of amides is 1. The number of anilines is 2. The van der Waals surface area contributed by atoms with Crippen molar-refractivity contribution in [2.24, 2.45) is 0 Å². The minimum atomic E-state index is -0.274. The molecule has 1 amide bonds. The van der Waals surface area contributed by atoms with E-state index in [1.807, 2.05) is 54.6 Å². The molecule has 0 bridgehead atoms. The first-order valence-electron chi connectivity index (χ1n) is 8.44. The summed E-state index contributed by atoms with van der Waals surface area (Å²) in [6.45, 7) is 0.865. The lowest BCUT2D eigenvalue weighted by molar-refractivity contribution is 0.0932. The predicted octanol–water partition coefficient (Wildman–Crippen LogP) is 3.39. The standard InChI is InChI=1S/C20H20N4O3/c1-26-12-11-21-20(25)18-13-19(23-14-22-18)24-15-7-9-17(10-8-15)27-16-5-3-2-4-6-16/h2-10,13-14H,11-12H2,1H3,(H,21,25)(H,22,23,24). The van der Waals surface area contributed by atoms with Gasteiger partial charge in [-0.1, -0.05) is 18.2 Å². The number of hydrogen-bond acceptors (Lipinski definition) is 6. The van der Waals surface area contributed by atoms with Crippen LogP contribution in [0.5, 0.6) is 11.5 Å². The maximum absolute atomic E-state index is 12.0. The molecule has 3 aromatic rings. The van der Waals surface area contributed by atoms with Crippen molar-refractivity contribution in [3.63, 3.8) is 0 Å². The average Bonchev–Trinajstić information content (AvgIpc) is 2.71. The highest BCUT2D eigenvalue weighted by molar-refractivity contribution is 5.92. The number of nitrogens with one attached hydrogen (secondary N) is 2. The first kappa shape index (κ1) is 18.3. The predicted molar refractivity (Wildman–Crippen MR) is 102 cm³/mol. The van der Waals surface area contributed by atoms with Gasteiger partial charge in [-0.25, -0.2) is 9.97 Å². The number of carbonyl (C=O) groups is 1. The summed E-state index contributed by atoms with van der Waals surface area (Å²) in [6.07, 6.45) is 1.35. The van der Waals surface area contributed by atoms with Crippen molar-refractivity contribution in [1.82, 2.24) is 15.3 Å². The number of carbonyl (C=O) groups excluding carboxylic acids is 1. The Kier molecular flexibility index (Phi) is 6.32. The Hall–Kier alpha value is -3.45. The van der Waals surface area contributed by atoms with E-state index < -0.39 is 0 Å². The molecule has 0 saturated heterocycles. The number of para-hydroxylation sites is 1. The van der Waals surface area contributed by atoms with Gasteiger partial charge in [-0.3, -0.25) is 4.79 Å². The highest BCUT2D eigenvalue weighted by Crippen LogP contribution is 2.23. The minimum Gasteiger partial charge on any atom is -0.457 e. The van der Waals surface area contributed by atoms with Gasteiger partial charge in [0.2, 0.25) is 0 Å². The molecule has 0 aliphatic rings. The summed E-state index contributed by atoms with van der Waals surface area (Å²) in [5.41, 5.74) is 1.10. The highest BCUT2D eigenvalue weighted by Gasteiger charge is 2.08. The Bertz CT molecular complexity index is 870. The molecule has 0 radical (unpaired) electrons. The fourth-order valence-electron chi connectivity index (χ4n) is 2.29. The average molecular weight is 364 g/mol. The van der Waals surface area contributed by atoms with Crippen LogP contribution in [0.25, 0.3) is 0 Å². The molecule has 2 N–H and O–H groups in total. The van der Waals surface area contributed by atoms with E-state index >= 15 is 0 Å².